The predicted molar refractivity (Wildman–Crippen MR) is 115 cm³/mol. The zero-order valence-corrected chi connectivity index (χ0v) is 17.2. The molecule has 1 saturated heterocycles. The molecule has 0 amide bonds. The Bertz CT molecular complexity index is 1180. The van der Waals surface area contributed by atoms with E-state index in [-0.39, 0.29) is 22.6 Å². The highest BCUT2D eigenvalue weighted by Gasteiger charge is 2.22. The average Bonchev–Trinajstić information content (AvgIpc) is 2.74. The number of phenols is 1. The number of benzene rings is 1. The molecule has 3 aromatic rings. The van der Waals surface area contributed by atoms with E-state index in [2.05, 4.69) is 16.0 Å². The molecule has 7 nitrogen and oxygen atoms in total. The van der Waals surface area contributed by atoms with E-state index in [9.17, 15) is 14.4 Å². The number of hydrogen-bond donors (Lipinski definition) is 2. The van der Waals surface area contributed by atoms with E-state index in [4.69, 9.17) is 22.4 Å². The molecule has 0 radical (unpaired) electrons. The van der Waals surface area contributed by atoms with Crippen LogP contribution in [0.15, 0.2) is 35.1 Å². The number of nitrogen functional groups attached to an aromatic ring is 1. The lowest BCUT2D eigenvalue weighted by atomic mass is 10.1. The van der Waals surface area contributed by atoms with E-state index in [0.717, 1.165) is 32.0 Å². The van der Waals surface area contributed by atoms with Crippen molar-refractivity contribution in [1.82, 2.24) is 9.55 Å². The molecule has 30 heavy (non-hydrogen) atoms. The van der Waals surface area contributed by atoms with Crippen LogP contribution < -0.4 is 16.2 Å². The molecule has 3 N–H and O–H groups in total. The first kappa shape index (κ1) is 21.4. The maximum absolute atomic E-state index is 12.4. The highest BCUT2D eigenvalue weighted by Crippen LogP contribution is 2.30. The molecule has 3 heterocycles. The average molecular weight is 430 g/mol. The lowest BCUT2D eigenvalue weighted by Crippen LogP contribution is -2.33. The number of rotatable bonds is 1. The van der Waals surface area contributed by atoms with Gasteiger partial charge in [-0.3, -0.25) is 4.79 Å². The fraction of sp³-hybridized carbons (Fsp3) is 0.286. The Labute approximate surface area is 177 Å². The van der Waals surface area contributed by atoms with Crippen molar-refractivity contribution in [3.05, 3.63) is 57.2 Å². The largest absolute Gasteiger partial charge is 0.506 e. The summed E-state index contributed by atoms with van der Waals surface area (Å²) in [5, 5.41) is 18.5. The third-order valence-electron chi connectivity index (χ3n) is 4.96. The van der Waals surface area contributed by atoms with Crippen molar-refractivity contribution in [3.8, 4) is 11.8 Å². The van der Waals surface area contributed by atoms with Crippen LogP contribution in [0.4, 0.5) is 15.8 Å². The fourth-order valence-corrected chi connectivity index (χ4v) is 3.56. The van der Waals surface area contributed by atoms with Gasteiger partial charge < -0.3 is 20.3 Å². The lowest BCUT2D eigenvalue weighted by molar-refractivity contribution is 0.472. The minimum Gasteiger partial charge on any atom is -0.506 e. The second-order valence-electron chi connectivity index (χ2n) is 6.95. The number of nitrogens with zero attached hydrogens (tertiary/aromatic N) is 4. The Kier molecular flexibility index (Phi) is 6.43. The topological polar surface area (TPSA) is 108 Å². The Morgan fingerprint density at radius 3 is 2.53 bits per heavy atom. The second-order valence-corrected chi connectivity index (χ2v) is 7.34. The van der Waals surface area contributed by atoms with Gasteiger partial charge in [0.25, 0.3) is 5.56 Å². The van der Waals surface area contributed by atoms with Crippen molar-refractivity contribution in [2.24, 2.45) is 7.05 Å². The summed E-state index contributed by atoms with van der Waals surface area (Å²) in [6, 6.07) is 8.96. The van der Waals surface area contributed by atoms with Gasteiger partial charge in [0.05, 0.1) is 16.9 Å². The van der Waals surface area contributed by atoms with E-state index in [0.29, 0.717) is 21.9 Å². The van der Waals surface area contributed by atoms with Gasteiger partial charge >= 0.3 is 0 Å². The maximum atomic E-state index is 12.4. The summed E-state index contributed by atoms with van der Waals surface area (Å²) in [5.41, 5.74) is 7.20. The first-order valence-corrected chi connectivity index (χ1v) is 9.79. The van der Waals surface area contributed by atoms with Gasteiger partial charge in [-0.25, -0.2) is 9.37 Å². The van der Waals surface area contributed by atoms with Gasteiger partial charge in [-0.1, -0.05) is 11.6 Å². The van der Waals surface area contributed by atoms with E-state index >= 15 is 0 Å². The third kappa shape index (κ3) is 4.31. The van der Waals surface area contributed by atoms with Crippen LogP contribution in [0.2, 0.25) is 5.15 Å². The van der Waals surface area contributed by atoms with Crippen molar-refractivity contribution in [2.75, 3.05) is 23.7 Å². The van der Waals surface area contributed by atoms with Crippen molar-refractivity contribution < 1.29 is 9.50 Å². The van der Waals surface area contributed by atoms with Gasteiger partial charge in [0.1, 0.15) is 33.9 Å². The normalized spacial score (nSPS) is 13.5. The van der Waals surface area contributed by atoms with Gasteiger partial charge in [-0.15, -0.1) is 0 Å². The van der Waals surface area contributed by atoms with E-state index in [1.807, 2.05) is 0 Å². The number of aryl methyl sites for hydroxylation is 1. The van der Waals surface area contributed by atoms with Gasteiger partial charge in [-0.2, -0.15) is 5.26 Å². The van der Waals surface area contributed by atoms with Crippen molar-refractivity contribution in [2.45, 2.75) is 19.3 Å². The molecule has 1 aliphatic heterocycles. The molecule has 0 aliphatic carbocycles. The summed E-state index contributed by atoms with van der Waals surface area (Å²) in [5.74, 6) is -0.697. The minimum absolute atomic E-state index is 0.154. The summed E-state index contributed by atoms with van der Waals surface area (Å²) in [4.78, 5) is 18.9. The van der Waals surface area contributed by atoms with Crippen LogP contribution in [0.1, 0.15) is 24.8 Å². The predicted octanol–water partition coefficient (Wildman–Crippen LogP) is 3.56. The molecule has 0 bridgehead atoms. The Balaban J connectivity index is 0.000000239. The van der Waals surface area contributed by atoms with E-state index in [1.165, 1.54) is 23.1 Å². The van der Waals surface area contributed by atoms with Crippen LogP contribution in [0.25, 0.3) is 11.0 Å². The maximum Gasteiger partial charge on any atom is 0.270 e. The van der Waals surface area contributed by atoms with Gasteiger partial charge in [0, 0.05) is 26.2 Å². The smallest absolute Gasteiger partial charge is 0.270 e. The molecule has 1 aromatic carbocycles. The summed E-state index contributed by atoms with van der Waals surface area (Å²) < 4.78 is 13.6. The van der Waals surface area contributed by atoms with Crippen LogP contribution >= 0.6 is 11.6 Å². The number of aromatic nitrogens is 2. The monoisotopic (exact) mass is 429 g/mol. The van der Waals surface area contributed by atoms with Gasteiger partial charge in [0.2, 0.25) is 0 Å². The number of pyridine rings is 2. The zero-order chi connectivity index (χ0) is 21.8. The Morgan fingerprint density at radius 2 is 1.93 bits per heavy atom. The summed E-state index contributed by atoms with van der Waals surface area (Å²) in [6.07, 6.45) is 3.29. The number of nitrogens with two attached hydrogens (primary N) is 1. The van der Waals surface area contributed by atoms with Crippen LogP contribution in [0, 0.1) is 17.1 Å². The Hall–Kier alpha value is -3.31. The number of anilines is 2. The fourth-order valence-electron chi connectivity index (χ4n) is 3.41. The minimum atomic E-state index is -0.485. The molecular weight excluding hydrogens is 409 g/mol. The van der Waals surface area contributed by atoms with Gasteiger partial charge in [-0.05, 0) is 43.5 Å². The van der Waals surface area contributed by atoms with Crippen LogP contribution in [-0.2, 0) is 7.05 Å². The molecule has 0 unspecified atom stereocenters. The van der Waals surface area contributed by atoms with Gasteiger partial charge in [0.15, 0.2) is 0 Å². The van der Waals surface area contributed by atoms with Crippen molar-refractivity contribution in [3.63, 3.8) is 0 Å². The third-order valence-corrected chi connectivity index (χ3v) is 5.17. The number of piperidine rings is 1. The van der Waals surface area contributed by atoms with Crippen LogP contribution in [0.5, 0.6) is 5.75 Å². The number of phenolic OH excluding ortho intramolecular Hbond substituents is 1. The lowest BCUT2D eigenvalue weighted by Gasteiger charge is -2.30. The Morgan fingerprint density at radius 1 is 1.23 bits per heavy atom. The highest BCUT2D eigenvalue weighted by molar-refractivity contribution is 6.29. The molecule has 4 rings (SSSR count). The number of fused-ring (bicyclic) bond motifs is 1. The number of hydrogen-bond acceptors (Lipinski definition) is 6. The summed E-state index contributed by atoms with van der Waals surface area (Å²) >= 11 is 6.02. The molecule has 9 heteroatoms. The summed E-state index contributed by atoms with van der Waals surface area (Å²) in [6.45, 7) is 1.68. The molecular formula is C21H21ClFN5O2. The van der Waals surface area contributed by atoms with E-state index in [1.54, 1.807) is 19.2 Å². The van der Waals surface area contributed by atoms with Crippen LogP contribution in [-0.4, -0.2) is 27.7 Å². The molecule has 1 aliphatic rings. The standard InChI is InChI=1S/C15H15ClN4O.C6H6FNO/c1-19-11-5-6-12(16)18-13(11)14(10(9-17)15(19)21)20-7-3-2-4-8-20;7-4-1-2-5(8)6(9)3-4/h5-6H,2-4,7-8H2,1H3;1-3,9H,8H2. The highest BCUT2D eigenvalue weighted by atomic mass is 35.5. The zero-order valence-electron chi connectivity index (χ0n) is 16.4. The van der Waals surface area contributed by atoms with Crippen molar-refractivity contribution in [1.29, 1.82) is 5.26 Å². The number of halogens is 2. The molecule has 156 valence electrons. The second kappa shape index (κ2) is 9.01. The summed E-state index contributed by atoms with van der Waals surface area (Å²) in [7, 11) is 1.65. The SMILES string of the molecule is Cn1c(=O)c(C#N)c(N2CCCCC2)c2nc(Cl)ccc21.Nc1ccc(F)cc1O. The van der Waals surface area contributed by atoms with Crippen molar-refractivity contribution >= 4 is 34.0 Å². The number of aromatic hydroxyl groups is 1. The quantitative estimate of drug-likeness (QED) is 0.348. The first-order chi connectivity index (χ1) is 14.3. The van der Waals surface area contributed by atoms with E-state index < -0.39 is 5.82 Å². The molecule has 0 spiro atoms. The number of nitriles is 1. The molecule has 0 saturated carbocycles. The molecule has 0 atom stereocenters. The molecule has 1 fully saturated rings. The van der Waals surface area contributed by atoms with Crippen LogP contribution in [0.3, 0.4) is 0 Å². The first-order valence-electron chi connectivity index (χ1n) is 9.41. The molecule has 2 aromatic heterocycles.